The van der Waals surface area contributed by atoms with Gasteiger partial charge in [0.05, 0.1) is 11.1 Å². The number of halogens is 1. The Kier molecular flexibility index (Phi) is 8.04. The van der Waals surface area contributed by atoms with Crippen molar-refractivity contribution in [2.24, 2.45) is 5.92 Å². The number of likely N-dealkylation sites (tertiary alicyclic amines) is 1. The van der Waals surface area contributed by atoms with E-state index in [4.69, 9.17) is 21.3 Å². The molecule has 38 heavy (non-hydrogen) atoms. The number of carbonyl (C=O) groups excluding carboxylic acids is 3. The van der Waals surface area contributed by atoms with Gasteiger partial charge in [-0.25, -0.2) is 4.98 Å². The molecule has 1 aromatic carbocycles. The monoisotopic (exact) mass is 559 g/mol. The lowest BCUT2D eigenvalue weighted by Crippen LogP contribution is -2.52. The van der Waals surface area contributed by atoms with Crippen LogP contribution in [0.15, 0.2) is 29.6 Å². The van der Waals surface area contributed by atoms with Gasteiger partial charge in [0.15, 0.2) is 10.9 Å². The van der Waals surface area contributed by atoms with Gasteiger partial charge in [-0.15, -0.1) is 22.9 Å². The Labute approximate surface area is 232 Å². The van der Waals surface area contributed by atoms with E-state index >= 15 is 0 Å². The average molecular weight is 560 g/mol. The van der Waals surface area contributed by atoms with Gasteiger partial charge < -0.3 is 24.8 Å². The molecule has 1 aromatic heterocycles. The molecule has 1 N–H and O–H groups in total. The smallest absolute Gasteiger partial charge is 0.251 e. The zero-order chi connectivity index (χ0) is 27.0. The average Bonchev–Trinajstić information content (AvgIpc) is 3.62. The number of benzene rings is 1. The molecule has 3 saturated heterocycles. The van der Waals surface area contributed by atoms with Crippen molar-refractivity contribution in [1.29, 1.82) is 0 Å². The molecule has 11 heteroatoms. The van der Waals surface area contributed by atoms with E-state index < -0.39 is 23.6 Å². The van der Waals surface area contributed by atoms with Crippen molar-refractivity contribution < 1.29 is 19.1 Å². The summed E-state index contributed by atoms with van der Waals surface area (Å²) < 4.78 is 5.51. The van der Waals surface area contributed by atoms with E-state index in [9.17, 15) is 14.4 Å². The topological polar surface area (TPSA) is 95.1 Å². The highest BCUT2D eigenvalue weighted by atomic mass is 35.5. The van der Waals surface area contributed by atoms with Crippen LogP contribution in [0, 0.1) is 5.92 Å². The van der Waals surface area contributed by atoms with Crippen molar-refractivity contribution in [2.45, 2.75) is 43.8 Å². The summed E-state index contributed by atoms with van der Waals surface area (Å²) in [5.41, 5.74) is 2.27. The van der Waals surface area contributed by atoms with Crippen LogP contribution in [0.4, 0.5) is 5.13 Å². The van der Waals surface area contributed by atoms with Crippen molar-refractivity contribution in [1.82, 2.24) is 20.1 Å². The molecule has 2 amide bonds. The molecule has 0 saturated carbocycles. The van der Waals surface area contributed by atoms with Crippen LogP contribution in [-0.4, -0.2) is 102 Å². The number of aromatic nitrogens is 1. The third-order valence-electron chi connectivity index (χ3n) is 7.42. The van der Waals surface area contributed by atoms with Gasteiger partial charge >= 0.3 is 0 Å². The molecule has 4 atom stereocenters. The van der Waals surface area contributed by atoms with Crippen molar-refractivity contribution in [3.05, 3.63) is 35.2 Å². The van der Waals surface area contributed by atoms with Crippen molar-refractivity contribution >= 4 is 45.7 Å². The van der Waals surface area contributed by atoms with Gasteiger partial charge in [0, 0.05) is 49.2 Å². The van der Waals surface area contributed by atoms with Crippen molar-refractivity contribution in [2.75, 3.05) is 51.3 Å². The van der Waals surface area contributed by atoms with Crippen molar-refractivity contribution in [3.8, 4) is 11.3 Å². The lowest BCUT2D eigenvalue weighted by Gasteiger charge is -2.32. The number of nitrogens with zero attached hydrogens (tertiary/aromatic N) is 4. The molecule has 9 nitrogen and oxygen atoms in total. The summed E-state index contributed by atoms with van der Waals surface area (Å²) in [6.45, 7) is 8.15. The number of ketones is 1. The Balaban J connectivity index is 1.26. The summed E-state index contributed by atoms with van der Waals surface area (Å²) >= 11 is 8.01. The highest BCUT2D eigenvalue weighted by Gasteiger charge is 2.52. The number of hydrogen-bond donors (Lipinski definition) is 1. The maximum absolute atomic E-state index is 13.5. The number of rotatable bonds is 7. The molecule has 1 unspecified atom stereocenters. The minimum atomic E-state index is -0.761. The Bertz CT molecular complexity index is 1180. The summed E-state index contributed by atoms with van der Waals surface area (Å²) in [4.78, 5) is 50.0. The summed E-state index contributed by atoms with van der Waals surface area (Å²) in [6.07, 6.45) is -0.0366. The minimum absolute atomic E-state index is 0.0360. The summed E-state index contributed by atoms with van der Waals surface area (Å²) in [5.74, 6) is -0.611. The van der Waals surface area contributed by atoms with E-state index in [-0.39, 0.29) is 36.7 Å². The van der Waals surface area contributed by atoms with Crippen LogP contribution in [-0.2, 0) is 14.3 Å². The standard InChI is InChI=1S/C27H34ClN5O4S/c1-16(2)12-20(26(36)33-13-19(28)24-23(33)22(34)14-37-24)29-25(35)18-6-4-17(5-7-18)21-15-38-27(30-21)32-10-8-31(3)9-11-32/h4-7,15-16,19-20,23-24H,8-14H2,1-3H3,(H,29,35)/t19-,20?,23+,24+/m0/s1. The third-order valence-corrected chi connectivity index (χ3v) is 8.71. The summed E-state index contributed by atoms with van der Waals surface area (Å²) in [5, 5.41) is 5.52. The summed E-state index contributed by atoms with van der Waals surface area (Å²) in [7, 11) is 2.13. The van der Waals surface area contributed by atoms with Gasteiger partial charge in [0.25, 0.3) is 5.91 Å². The van der Waals surface area contributed by atoms with Crippen molar-refractivity contribution in [3.63, 3.8) is 0 Å². The van der Waals surface area contributed by atoms with Gasteiger partial charge in [-0.1, -0.05) is 26.0 Å². The zero-order valence-electron chi connectivity index (χ0n) is 21.9. The number of carbonyl (C=O) groups is 3. The van der Waals surface area contributed by atoms with E-state index in [1.54, 1.807) is 23.5 Å². The fraction of sp³-hybridized carbons (Fsp3) is 0.556. The first-order valence-electron chi connectivity index (χ1n) is 13.1. The maximum Gasteiger partial charge on any atom is 0.251 e. The summed E-state index contributed by atoms with van der Waals surface area (Å²) in [6, 6.07) is 5.84. The highest BCUT2D eigenvalue weighted by Crippen LogP contribution is 2.32. The SMILES string of the molecule is CC(C)CC(NC(=O)c1ccc(-c2csc(N3CCN(C)CC3)n2)cc1)C(=O)N1C[C@H](Cl)[C@H]2OCC(=O)[C@H]21. The van der Waals surface area contributed by atoms with E-state index in [0.717, 1.165) is 42.6 Å². The largest absolute Gasteiger partial charge is 0.366 e. The van der Waals surface area contributed by atoms with Crippen LogP contribution < -0.4 is 10.2 Å². The third kappa shape index (κ3) is 5.59. The number of alkyl halides is 1. The molecule has 0 radical (unpaired) electrons. The van der Waals surface area contributed by atoms with Crippen LogP contribution in [0.2, 0.25) is 0 Å². The van der Waals surface area contributed by atoms with Gasteiger partial charge in [-0.05, 0) is 31.5 Å². The zero-order valence-corrected chi connectivity index (χ0v) is 23.5. The lowest BCUT2D eigenvalue weighted by molar-refractivity contribution is -0.138. The molecule has 2 aromatic rings. The number of likely N-dealkylation sites (N-methyl/N-ethyl adjacent to an activating group) is 1. The molecule has 204 valence electrons. The number of thiazole rings is 1. The number of hydrogen-bond acceptors (Lipinski definition) is 8. The first kappa shape index (κ1) is 27.1. The number of Topliss-reactive ketones (excluding diaryl/α,β-unsaturated/α-hetero) is 1. The van der Waals surface area contributed by atoms with Crippen LogP contribution in [0.25, 0.3) is 11.3 Å². The molecule has 5 rings (SSSR count). The van der Waals surface area contributed by atoms with Gasteiger partial charge in [0.2, 0.25) is 5.91 Å². The molecular formula is C27H34ClN5O4S. The first-order chi connectivity index (χ1) is 18.2. The fourth-order valence-corrected chi connectivity index (χ4v) is 6.54. The Morgan fingerprint density at radius 3 is 2.58 bits per heavy atom. The molecule has 0 aliphatic carbocycles. The molecule has 0 bridgehead atoms. The van der Waals surface area contributed by atoms with E-state index in [1.165, 1.54) is 4.90 Å². The second-order valence-corrected chi connectivity index (χ2v) is 12.1. The fourth-order valence-electron chi connectivity index (χ4n) is 5.29. The lowest BCUT2D eigenvalue weighted by atomic mass is 10.0. The molecule has 4 heterocycles. The van der Waals surface area contributed by atoms with Gasteiger partial charge in [-0.3, -0.25) is 14.4 Å². The van der Waals surface area contributed by atoms with Crippen LogP contribution >= 0.6 is 22.9 Å². The van der Waals surface area contributed by atoms with Crippen LogP contribution in [0.1, 0.15) is 30.6 Å². The number of anilines is 1. The van der Waals surface area contributed by atoms with Gasteiger partial charge in [-0.2, -0.15) is 0 Å². The molecule has 0 spiro atoms. The minimum Gasteiger partial charge on any atom is -0.366 e. The maximum atomic E-state index is 13.5. The normalized spacial score (nSPS) is 24.7. The number of fused-ring (bicyclic) bond motifs is 1. The van der Waals surface area contributed by atoms with Gasteiger partial charge in [0.1, 0.15) is 24.8 Å². The molecule has 3 aliphatic rings. The predicted octanol–water partition coefficient (Wildman–Crippen LogP) is 2.49. The first-order valence-corrected chi connectivity index (χ1v) is 14.4. The number of amides is 2. The van der Waals surface area contributed by atoms with E-state index in [0.29, 0.717) is 12.0 Å². The van der Waals surface area contributed by atoms with E-state index in [2.05, 4.69) is 22.2 Å². The quantitative estimate of drug-likeness (QED) is 0.521. The van der Waals surface area contributed by atoms with Crippen LogP contribution in [0.3, 0.4) is 0 Å². The molecular weight excluding hydrogens is 526 g/mol. The number of nitrogens with one attached hydrogen (secondary N) is 1. The second kappa shape index (κ2) is 11.3. The molecule has 3 fully saturated rings. The number of piperazine rings is 1. The Morgan fingerprint density at radius 2 is 1.89 bits per heavy atom. The number of ether oxygens (including phenoxy) is 1. The highest BCUT2D eigenvalue weighted by molar-refractivity contribution is 7.14. The van der Waals surface area contributed by atoms with E-state index in [1.807, 2.05) is 31.4 Å². The second-order valence-electron chi connectivity index (χ2n) is 10.7. The molecule has 3 aliphatic heterocycles. The Hall–Kier alpha value is -2.53. The van der Waals surface area contributed by atoms with Crippen LogP contribution in [0.5, 0.6) is 0 Å². The predicted molar refractivity (Wildman–Crippen MR) is 148 cm³/mol. The Morgan fingerprint density at radius 1 is 1.18 bits per heavy atom.